The third-order valence-electron chi connectivity index (χ3n) is 4.32. The molecule has 1 aromatic rings. The molecule has 3 nitrogen and oxygen atoms in total. The molecule has 1 aromatic carbocycles. The number of hydrogen-bond acceptors (Lipinski definition) is 3. The Morgan fingerprint density at radius 2 is 2.00 bits per heavy atom. The van der Waals surface area contributed by atoms with E-state index >= 15 is 0 Å². The first kappa shape index (κ1) is 12.8. The van der Waals surface area contributed by atoms with Gasteiger partial charge in [0.15, 0.2) is 11.5 Å². The Bertz CT molecular complexity index is 421. The molecular formula is C16H23NO2. The highest BCUT2D eigenvalue weighted by atomic mass is 16.5. The molecule has 0 aromatic heterocycles. The van der Waals surface area contributed by atoms with E-state index in [0.29, 0.717) is 12.0 Å². The molecular weight excluding hydrogens is 238 g/mol. The number of methoxy groups -OCH3 is 1. The van der Waals surface area contributed by atoms with Crippen molar-refractivity contribution in [1.29, 1.82) is 0 Å². The minimum atomic E-state index is 0.379. The van der Waals surface area contributed by atoms with Crippen molar-refractivity contribution in [2.45, 2.75) is 44.1 Å². The Kier molecular flexibility index (Phi) is 3.92. The summed E-state index contributed by atoms with van der Waals surface area (Å²) in [5.74, 6) is 2.44. The molecule has 1 N–H and O–H groups in total. The Hall–Kier alpha value is -1.22. The minimum Gasteiger partial charge on any atom is -0.493 e. The van der Waals surface area contributed by atoms with E-state index < -0.39 is 0 Å². The van der Waals surface area contributed by atoms with Crippen molar-refractivity contribution in [3.05, 3.63) is 23.8 Å². The van der Waals surface area contributed by atoms with Crippen LogP contribution in [0.3, 0.4) is 0 Å². The lowest BCUT2D eigenvalue weighted by atomic mass is 9.97. The summed E-state index contributed by atoms with van der Waals surface area (Å²) in [4.78, 5) is 0. The summed E-state index contributed by atoms with van der Waals surface area (Å²) in [7, 11) is 1.73. The fourth-order valence-corrected chi connectivity index (χ4v) is 3.23. The van der Waals surface area contributed by atoms with Crippen molar-refractivity contribution >= 4 is 0 Å². The maximum Gasteiger partial charge on any atom is 0.165 e. The highest BCUT2D eigenvalue weighted by Crippen LogP contribution is 2.39. The molecule has 0 radical (unpaired) electrons. The summed E-state index contributed by atoms with van der Waals surface area (Å²) in [5.41, 5.74) is 1.32. The van der Waals surface area contributed by atoms with Crippen molar-refractivity contribution in [1.82, 2.24) is 5.32 Å². The normalized spacial score (nSPS) is 23.7. The Balaban J connectivity index is 1.88. The van der Waals surface area contributed by atoms with Crippen molar-refractivity contribution in [3.63, 3.8) is 0 Å². The zero-order valence-electron chi connectivity index (χ0n) is 11.7. The van der Waals surface area contributed by atoms with E-state index in [1.165, 1.54) is 37.7 Å². The van der Waals surface area contributed by atoms with E-state index in [9.17, 15) is 0 Å². The van der Waals surface area contributed by atoms with Crippen LogP contribution in [0.1, 0.15) is 43.6 Å². The average molecular weight is 261 g/mol. The predicted octanol–water partition coefficient (Wildman–Crippen LogP) is 3.09. The van der Waals surface area contributed by atoms with Crippen molar-refractivity contribution in [2.24, 2.45) is 0 Å². The Morgan fingerprint density at radius 3 is 2.68 bits per heavy atom. The first-order valence-electron chi connectivity index (χ1n) is 7.42. The molecule has 2 fully saturated rings. The number of ether oxygens (including phenoxy) is 2. The highest BCUT2D eigenvalue weighted by Gasteiger charge is 2.25. The van der Waals surface area contributed by atoms with E-state index in [4.69, 9.17) is 9.47 Å². The minimum absolute atomic E-state index is 0.379. The second-order valence-electron chi connectivity index (χ2n) is 5.59. The monoisotopic (exact) mass is 261 g/mol. The van der Waals surface area contributed by atoms with Crippen LogP contribution in [-0.4, -0.2) is 26.3 Å². The molecule has 3 heteroatoms. The molecule has 1 atom stereocenters. The molecule has 2 aliphatic rings. The van der Waals surface area contributed by atoms with Crippen LogP contribution in [0.5, 0.6) is 11.5 Å². The van der Waals surface area contributed by atoms with Gasteiger partial charge in [0.05, 0.1) is 13.2 Å². The van der Waals surface area contributed by atoms with Crippen LogP contribution in [0.4, 0.5) is 0 Å². The van der Waals surface area contributed by atoms with Gasteiger partial charge < -0.3 is 14.8 Å². The van der Waals surface area contributed by atoms with Crippen molar-refractivity contribution < 1.29 is 9.47 Å². The largest absolute Gasteiger partial charge is 0.493 e. The highest BCUT2D eigenvalue weighted by molar-refractivity contribution is 5.49. The SMILES string of the molecule is COc1cccc(C2CCNC2)c1OC1CCCC1. The van der Waals surface area contributed by atoms with E-state index in [2.05, 4.69) is 17.4 Å². The predicted molar refractivity (Wildman–Crippen MR) is 76.1 cm³/mol. The van der Waals surface area contributed by atoms with Gasteiger partial charge in [-0.2, -0.15) is 0 Å². The lowest BCUT2D eigenvalue weighted by Gasteiger charge is -2.21. The van der Waals surface area contributed by atoms with E-state index in [-0.39, 0.29) is 0 Å². The molecule has 1 heterocycles. The van der Waals surface area contributed by atoms with Gasteiger partial charge in [0.25, 0.3) is 0 Å². The molecule has 1 saturated heterocycles. The van der Waals surface area contributed by atoms with Gasteiger partial charge in [0.2, 0.25) is 0 Å². The molecule has 1 saturated carbocycles. The number of rotatable bonds is 4. The zero-order valence-corrected chi connectivity index (χ0v) is 11.7. The quantitative estimate of drug-likeness (QED) is 0.903. The first-order valence-corrected chi connectivity index (χ1v) is 7.42. The maximum absolute atomic E-state index is 6.29. The van der Waals surface area contributed by atoms with Crippen molar-refractivity contribution in [3.8, 4) is 11.5 Å². The molecule has 1 unspecified atom stereocenters. The van der Waals surface area contributed by atoms with Crippen molar-refractivity contribution in [2.75, 3.05) is 20.2 Å². The molecule has 3 rings (SSSR count). The molecule has 19 heavy (non-hydrogen) atoms. The van der Waals surface area contributed by atoms with Gasteiger partial charge in [-0.15, -0.1) is 0 Å². The summed E-state index contributed by atoms with van der Waals surface area (Å²) in [6.45, 7) is 2.15. The van der Waals surface area contributed by atoms with Crippen LogP contribution in [-0.2, 0) is 0 Å². The van der Waals surface area contributed by atoms with Crippen LogP contribution in [0.25, 0.3) is 0 Å². The molecule has 0 amide bonds. The lowest BCUT2D eigenvalue weighted by Crippen LogP contribution is -2.15. The molecule has 104 valence electrons. The molecule has 0 spiro atoms. The summed E-state index contributed by atoms with van der Waals surface area (Å²) < 4.78 is 11.8. The van der Waals surface area contributed by atoms with Gasteiger partial charge in [-0.3, -0.25) is 0 Å². The second-order valence-corrected chi connectivity index (χ2v) is 5.59. The van der Waals surface area contributed by atoms with Crippen LogP contribution in [0.15, 0.2) is 18.2 Å². The summed E-state index contributed by atoms with van der Waals surface area (Å²) >= 11 is 0. The van der Waals surface area contributed by atoms with Crippen LogP contribution >= 0.6 is 0 Å². The fourth-order valence-electron chi connectivity index (χ4n) is 3.23. The number of para-hydroxylation sites is 1. The number of nitrogens with one attached hydrogen (secondary N) is 1. The van der Waals surface area contributed by atoms with E-state index in [0.717, 1.165) is 24.6 Å². The standard InChI is InChI=1S/C16H23NO2/c1-18-15-8-4-7-14(12-9-10-17-11-12)16(15)19-13-5-2-3-6-13/h4,7-8,12-13,17H,2-3,5-6,9-11H2,1H3. The first-order chi connectivity index (χ1) is 9.38. The number of hydrogen-bond donors (Lipinski definition) is 1. The smallest absolute Gasteiger partial charge is 0.165 e. The molecule has 1 aliphatic carbocycles. The lowest BCUT2D eigenvalue weighted by molar-refractivity contribution is 0.198. The van der Waals surface area contributed by atoms with E-state index in [1.807, 2.05) is 6.07 Å². The van der Waals surface area contributed by atoms with Crippen LogP contribution in [0.2, 0.25) is 0 Å². The topological polar surface area (TPSA) is 30.5 Å². The third kappa shape index (κ3) is 2.71. The van der Waals surface area contributed by atoms with E-state index in [1.54, 1.807) is 7.11 Å². The van der Waals surface area contributed by atoms with Gasteiger partial charge >= 0.3 is 0 Å². The maximum atomic E-state index is 6.29. The summed E-state index contributed by atoms with van der Waals surface area (Å²) in [5, 5.41) is 3.43. The number of benzene rings is 1. The second kappa shape index (κ2) is 5.83. The van der Waals surface area contributed by atoms with Gasteiger partial charge in [0, 0.05) is 18.0 Å². The summed E-state index contributed by atoms with van der Waals surface area (Å²) in [6, 6.07) is 6.29. The Morgan fingerprint density at radius 1 is 1.16 bits per heavy atom. The third-order valence-corrected chi connectivity index (χ3v) is 4.32. The fraction of sp³-hybridized carbons (Fsp3) is 0.625. The van der Waals surface area contributed by atoms with Gasteiger partial charge in [-0.1, -0.05) is 12.1 Å². The Labute approximate surface area is 115 Å². The van der Waals surface area contributed by atoms with Gasteiger partial charge in [0.1, 0.15) is 0 Å². The van der Waals surface area contributed by atoms with Crippen LogP contribution in [0, 0.1) is 0 Å². The van der Waals surface area contributed by atoms with Crippen LogP contribution < -0.4 is 14.8 Å². The van der Waals surface area contributed by atoms with Gasteiger partial charge in [-0.05, 0) is 44.7 Å². The molecule has 1 aliphatic heterocycles. The molecule has 0 bridgehead atoms. The zero-order chi connectivity index (χ0) is 13.1. The summed E-state index contributed by atoms with van der Waals surface area (Å²) in [6.07, 6.45) is 6.51. The average Bonchev–Trinajstić information content (AvgIpc) is 3.11. The van der Waals surface area contributed by atoms with Gasteiger partial charge in [-0.25, -0.2) is 0 Å².